The maximum Gasteiger partial charge on any atom is 0.138 e. The molecular formula is C14H15N5S. The van der Waals surface area contributed by atoms with E-state index in [1.165, 1.54) is 0 Å². The van der Waals surface area contributed by atoms with Gasteiger partial charge in [0.2, 0.25) is 0 Å². The summed E-state index contributed by atoms with van der Waals surface area (Å²) < 4.78 is 2.12. The molecule has 0 saturated heterocycles. The lowest BCUT2D eigenvalue weighted by Crippen LogP contribution is -2.14. The third-order valence-electron chi connectivity index (χ3n) is 2.89. The van der Waals surface area contributed by atoms with E-state index in [4.69, 9.17) is 0 Å². The van der Waals surface area contributed by atoms with E-state index < -0.39 is 0 Å². The molecule has 0 radical (unpaired) electrons. The van der Waals surface area contributed by atoms with Crippen LogP contribution in [0.25, 0.3) is 5.65 Å². The summed E-state index contributed by atoms with van der Waals surface area (Å²) in [6.45, 7) is 3.81. The van der Waals surface area contributed by atoms with Gasteiger partial charge in [0, 0.05) is 18.9 Å². The third-order valence-corrected chi connectivity index (χ3v) is 3.86. The Labute approximate surface area is 121 Å². The third kappa shape index (κ3) is 2.66. The van der Waals surface area contributed by atoms with Crippen molar-refractivity contribution in [2.75, 3.05) is 6.54 Å². The lowest BCUT2D eigenvalue weighted by Gasteiger charge is -2.04. The van der Waals surface area contributed by atoms with Gasteiger partial charge in [-0.3, -0.25) is 0 Å². The summed E-state index contributed by atoms with van der Waals surface area (Å²) in [6, 6.07) is 7.92. The zero-order chi connectivity index (χ0) is 13.8. The van der Waals surface area contributed by atoms with Crippen LogP contribution in [0, 0.1) is 0 Å². The number of hydrogen-bond donors (Lipinski definition) is 1. The molecular weight excluding hydrogens is 270 g/mol. The van der Waals surface area contributed by atoms with Gasteiger partial charge < -0.3 is 9.72 Å². The minimum atomic E-state index is 0.787. The van der Waals surface area contributed by atoms with Crippen molar-refractivity contribution in [1.82, 2.24) is 24.7 Å². The summed E-state index contributed by atoms with van der Waals surface area (Å²) in [5, 5.41) is 5.25. The average Bonchev–Trinajstić information content (AvgIpc) is 2.83. The first-order valence-electron chi connectivity index (χ1n) is 6.49. The highest BCUT2D eigenvalue weighted by Gasteiger charge is 2.13. The largest absolute Gasteiger partial charge is 0.311 e. The molecule has 0 unspecified atom stereocenters. The van der Waals surface area contributed by atoms with Crippen LogP contribution in [0.5, 0.6) is 0 Å². The molecule has 0 aliphatic carbocycles. The van der Waals surface area contributed by atoms with Gasteiger partial charge >= 0.3 is 0 Å². The lowest BCUT2D eigenvalue weighted by atomic mass is 10.4. The first kappa shape index (κ1) is 13.1. The van der Waals surface area contributed by atoms with Gasteiger partial charge in [0.1, 0.15) is 22.0 Å². The average molecular weight is 285 g/mol. The second kappa shape index (κ2) is 6.02. The number of pyridine rings is 1. The van der Waals surface area contributed by atoms with Crippen LogP contribution in [0.4, 0.5) is 0 Å². The van der Waals surface area contributed by atoms with Crippen molar-refractivity contribution >= 4 is 17.4 Å². The molecule has 0 aliphatic rings. The summed E-state index contributed by atoms with van der Waals surface area (Å²) in [5.41, 5.74) is 2.11. The molecule has 0 saturated carbocycles. The van der Waals surface area contributed by atoms with Gasteiger partial charge in [-0.2, -0.15) is 0 Å². The van der Waals surface area contributed by atoms with Crippen LogP contribution in [0.2, 0.25) is 0 Å². The Balaban J connectivity index is 2.00. The highest BCUT2D eigenvalue weighted by Crippen LogP contribution is 2.28. The van der Waals surface area contributed by atoms with E-state index in [1.807, 2.05) is 30.5 Å². The summed E-state index contributed by atoms with van der Waals surface area (Å²) in [6.07, 6.45) is 5.34. The number of hydrogen-bond acceptors (Lipinski definition) is 5. The fourth-order valence-corrected chi connectivity index (χ4v) is 2.80. The first-order chi connectivity index (χ1) is 9.88. The molecule has 0 bridgehead atoms. The quantitative estimate of drug-likeness (QED) is 0.729. The Morgan fingerprint density at radius 2 is 2.25 bits per heavy atom. The maximum absolute atomic E-state index is 4.69. The fraction of sp³-hybridized carbons (Fsp3) is 0.214. The van der Waals surface area contributed by atoms with E-state index in [0.29, 0.717) is 0 Å². The molecule has 5 nitrogen and oxygen atoms in total. The van der Waals surface area contributed by atoms with Crippen LogP contribution in [0.15, 0.2) is 53.0 Å². The van der Waals surface area contributed by atoms with Gasteiger partial charge in [-0.05, 0) is 36.5 Å². The summed E-state index contributed by atoms with van der Waals surface area (Å²) in [5.74, 6) is 0. The van der Waals surface area contributed by atoms with Crippen molar-refractivity contribution in [2.45, 2.75) is 23.5 Å². The maximum atomic E-state index is 4.69. The smallest absolute Gasteiger partial charge is 0.138 e. The van der Waals surface area contributed by atoms with Crippen LogP contribution < -0.4 is 5.32 Å². The minimum absolute atomic E-state index is 0.787. The molecule has 0 amide bonds. The molecule has 3 rings (SSSR count). The number of fused-ring (bicyclic) bond motifs is 1. The van der Waals surface area contributed by atoms with Crippen molar-refractivity contribution in [1.29, 1.82) is 0 Å². The standard InChI is InChI=1S/C14H15N5S/c1-2-15-9-11-14(20-13-6-7-16-10-17-13)18-12-5-3-4-8-19(11)12/h3-8,10,15H,2,9H2,1H3. The van der Waals surface area contributed by atoms with Crippen molar-refractivity contribution in [3.05, 3.63) is 48.7 Å². The molecule has 6 heteroatoms. The van der Waals surface area contributed by atoms with E-state index >= 15 is 0 Å². The predicted octanol–water partition coefficient (Wildman–Crippen LogP) is 2.39. The molecule has 0 aliphatic heterocycles. The molecule has 0 fully saturated rings. The van der Waals surface area contributed by atoms with Crippen molar-refractivity contribution < 1.29 is 0 Å². The first-order valence-corrected chi connectivity index (χ1v) is 7.30. The molecule has 3 aromatic rings. The van der Waals surface area contributed by atoms with Crippen LogP contribution in [-0.4, -0.2) is 25.9 Å². The van der Waals surface area contributed by atoms with Gasteiger partial charge in [-0.25, -0.2) is 15.0 Å². The molecule has 3 heterocycles. The van der Waals surface area contributed by atoms with Gasteiger partial charge in [0.15, 0.2) is 0 Å². The Bertz CT molecular complexity index is 695. The van der Waals surface area contributed by atoms with E-state index in [2.05, 4.69) is 31.6 Å². The summed E-state index contributed by atoms with van der Waals surface area (Å²) in [4.78, 5) is 12.9. The molecule has 1 N–H and O–H groups in total. The van der Waals surface area contributed by atoms with E-state index in [0.717, 1.165) is 34.5 Å². The monoisotopic (exact) mass is 285 g/mol. The zero-order valence-electron chi connectivity index (χ0n) is 11.2. The Hall–Kier alpha value is -1.92. The topological polar surface area (TPSA) is 55.1 Å². The van der Waals surface area contributed by atoms with Crippen LogP contribution in [0.3, 0.4) is 0 Å². The highest BCUT2D eigenvalue weighted by molar-refractivity contribution is 7.99. The second-order valence-corrected chi connectivity index (χ2v) is 5.23. The number of nitrogens with one attached hydrogen (secondary N) is 1. The summed E-state index contributed by atoms with van der Waals surface area (Å²) in [7, 11) is 0. The Kier molecular flexibility index (Phi) is 3.94. The van der Waals surface area contributed by atoms with Gasteiger partial charge in [0.25, 0.3) is 0 Å². The van der Waals surface area contributed by atoms with E-state index in [1.54, 1.807) is 24.3 Å². The lowest BCUT2D eigenvalue weighted by molar-refractivity contribution is 0.694. The number of nitrogens with zero attached hydrogens (tertiary/aromatic N) is 4. The normalized spacial score (nSPS) is 11.1. The highest BCUT2D eigenvalue weighted by atomic mass is 32.2. The molecule has 0 atom stereocenters. The van der Waals surface area contributed by atoms with Crippen LogP contribution >= 0.6 is 11.8 Å². The van der Waals surface area contributed by atoms with E-state index in [-0.39, 0.29) is 0 Å². The summed E-state index contributed by atoms with van der Waals surface area (Å²) >= 11 is 1.57. The molecule has 20 heavy (non-hydrogen) atoms. The number of aromatic nitrogens is 4. The van der Waals surface area contributed by atoms with Crippen molar-refractivity contribution in [3.63, 3.8) is 0 Å². The van der Waals surface area contributed by atoms with Gasteiger partial charge in [0.05, 0.1) is 5.69 Å². The Morgan fingerprint density at radius 1 is 1.30 bits per heavy atom. The van der Waals surface area contributed by atoms with Gasteiger partial charge in [-0.15, -0.1) is 0 Å². The predicted molar refractivity (Wildman–Crippen MR) is 78.7 cm³/mol. The number of rotatable bonds is 5. The van der Waals surface area contributed by atoms with E-state index in [9.17, 15) is 0 Å². The molecule has 3 aromatic heterocycles. The SMILES string of the molecule is CCNCc1c(Sc2ccncn2)nc2ccccn12. The van der Waals surface area contributed by atoms with Crippen LogP contribution in [0.1, 0.15) is 12.6 Å². The van der Waals surface area contributed by atoms with Crippen LogP contribution in [-0.2, 0) is 6.54 Å². The molecule has 0 spiro atoms. The zero-order valence-corrected chi connectivity index (χ0v) is 12.0. The number of imidazole rings is 1. The molecule has 0 aromatic carbocycles. The minimum Gasteiger partial charge on any atom is -0.311 e. The Morgan fingerprint density at radius 3 is 3.05 bits per heavy atom. The van der Waals surface area contributed by atoms with Gasteiger partial charge in [-0.1, -0.05) is 13.0 Å². The van der Waals surface area contributed by atoms with Crippen molar-refractivity contribution in [3.8, 4) is 0 Å². The fourth-order valence-electron chi connectivity index (χ4n) is 1.95. The van der Waals surface area contributed by atoms with Crippen molar-refractivity contribution in [2.24, 2.45) is 0 Å². The molecule has 102 valence electrons. The second-order valence-electron chi connectivity index (χ2n) is 4.22.